The monoisotopic (exact) mass is 379 g/mol. The molecule has 3 rings (SSSR count). The maximum absolute atomic E-state index is 12.4. The number of hydrogen-bond acceptors (Lipinski definition) is 6. The van der Waals surface area contributed by atoms with Crippen molar-refractivity contribution in [3.63, 3.8) is 0 Å². The number of sulfone groups is 1. The number of amides is 2. The van der Waals surface area contributed by atoms with E-state index in [2.05, 4.69) is 10.4 Å². The molecule has 1 N–H and O–H groups in total. The number of hydrogen-bond donors (Lipinski definition) is 1. The molecule has 0 aromatic heterocycles. The molecule has 2 heterocycles. The summed E-state index contributed by atoms with van der Waals surface area (Å²) in [6.07, 6.45) is 0.731. The summed E-state index contributed by atoms with van der Waals surface area (Å²) in [5, 5.41) is 8.08. The van der Waals surface area contributed by atoms with Gasteiger partial charge in [-0.2, -0.15) is 5.10 Å². The molecule has 8 nitrogen and oxygen atoms in total. The number of anilines is 1. The lowest BCUT2D eigenvalue weighted by molar-refractivity contribution is -0.133. The molecule has 1 atom stereocenters. The van der Waals surface area contributed by atoms with Crippen LogP contribution in [0.4, 0.5) is 5.69 Å². The number of rotatable bonds is 5. The van der Waals surface area contributed by atoms with Crippen LogP contribution in [0.3, 0.4) is 0 Å². The third-order valence-electron chi connectivity index (χ3n) is 4.30. The van der Waals surface area contributed by atoms with E-state index in [1.807, 2.05) is 6.92 Å². The second kappa shape index (κ2) is 7.45. The van der Waals surface area contributed by atoms with Gasteiger partial charge in [-0.05, 0) is 37.6 Å². The largest absolute Gasteiger partial charge is 0.494 e. The molecule has 140 valence electrons. The van der Waals surface area contributed by atoms with Gasteiger partial charge in [-0.15, -0.1) is 0 Å². The molecular formula is C17H21N3O5S. The highest BCUT2D eigenvalue weighted by Crippen LogP contribution is 2.23. The molecule has 9 heteroatoms. The van der Waals surface area contributed by atoms with Gasteiger partial charge in [0.1, 0.15) is 11.5 Å². The van der Waals surface area contributed by atoms with Crippen molar-refractivity contribution < 1.29 is 22.7 Å². The molecule has 1 unspecified atom stereocenters. The van der Waals surface area contributed by atoms with Crippen LogP contribution in [0.5, 0.6) is 5.75 Å². The first-order chi connectivity index (χ1) is 12.4. The second-order valence-electron chi connectivity index (χ2n) is 6.25. The van der Waals surface area contributed by atoms with Crippen molar-refractivity contribution in [2.75, 3.05) is 23.4 Å². The van der Waals surface area contributed by atoms with Crippen LogP contribution < -0.4 is 10.1 Å². The van der Waals surface area contributed by atoms with Crippen molar-refractivity contribution in [2.45, 2.75) is 32.2 Å². The average Bonchev–Trinajstić information content (AvgIpc) is 2.97. The topological polar surface area (TPSA) is 105 Å². The van der Waals surface area contributed by atoms with Gasteiger partial charge in [-0.1, -0.05) is 0 Å². The Morgan fingerprint density at radius 1 is 1.31 bits per heavy atom. The van der Waals surface area contributed by atoms with Gasteiger partial charge >= 0.3 is 0 Å². The molecule has 1 aromatic carbocycles. The Hall–Kier alpha value is -2.42. The van der Waals surface area contributed by atoms with Crippen molar-refractivity contribution in [3.05, 3.63) is 24.3 Å². The minimum Gasteiger partial charge on any atom is -0.494 e. The Morgan fingerprint density at radius 3 is 2.65 bits per heavy atom. The summed E-state index contributed by atoms with van der Waals surface area (Å²) in [6.45, 7) is 2.45. The van der Waals surface area contributed by atoms with Crippen LogP contribution in [0.15, 0.2) is 29.4 Å². The van der Waals surface area contributed by atoms with Gasteiger partial charge in [0.2, 0.25) is 5.91 Å². The maximum atomic E-state index is 12.4. The van der Waals surface area contributed by atoms with Gasteiger partial charge in [0.05, 0.1) is 24.2 Å². The fourth-order valence-electron chi connectivity index (χ4n) is 2.99. The summed E-state index contributed by atoms with van der Waals surface area (Å²) in [5.74, 6) is 0.0118. The van der Waals surface area contributed by atoms with Crippen molar-refractivity contribution in [1.82, 2.24) is 5.01 Å². The average molecular weight is 379 g/mol. The minimum absolute atomic E-state index is 0.0463. The summed E-state index contributed by atoms with van der Waals surface area (Å²) >= 11 is 0. The van der Waals surface area contributed by atoms with Crippen LogP contribution in [0, 0.1) is 0 Å². The molecule has 0 saturated carbocycles. The van der Waals surface area contributed by atoms with Crippen LogP contribution in [-0.4, -0.2) is 55.1 Å². The molecule has 2 aliphatic heterocycles. The molecule has 1 aromatic rings. The molecule has 26 heavy (non-hydrogen) atoms. The van der Waals surface area contributed by atoms with Crippen LogP contribution in [0.2, 0.25) is 0 Å². The van der Waals surface area contributed by atoms with Gasteiger partial charge in [-0.3, -0.25) is 9.59 Å². The highest BCUT2D eigenvalue weighted by atomic mass is 32.2. The fraction of sp³-hybridized carbons (Fsp3) is 0.471. The Labute approximate surface area is 152 Å². The smallest absolute Gasteiger partial charge is 0.271 e. The number of nitrogens with one attached hydrogen (secondary N) is 1. The predicted octanol–water partition coefficient (Wildman–Crippen LogP) is 1.19. The van der Waals surface area contributed by atoms with E-state index in [1.54, 1.807) is 24.3 Å². The highest BCUT2D eigenvalue weighted by molar-refractivity contribution is 7.91. The first kappa shape index (κ1) is 18.4. The molecule has 0 spiro atoms. The molecule has 0 aliphatic carbocycles. The summed E-state index contributed by atoms with van der Waals surface area (Å²) in [6, 6.07) is 6.46. The van der Waals surface area contributed by atoms with Crippen LogP contribution in [0.25, 0.3) is 0 Å². The number of nitrogens with zero attached hydrogens (tertiary/aromatic N) is 2. The van der Waals surface area contributed by atoms with Crippen LogP contribution >= 0.6 is 0 Å². The highest BCUT2D eigenvalue weighted by Gasteiger charge is 2.37. The summed E-state index contributed by atoms with van der Waals surface area (Å²) in [5.41, 5.74) is 0.816. The molecule has 2 aliphatic rings. The molecule has 0 bridgehead atoms. The number of hydrazone groups is 1. The molecule has 2 amide bonds. The summed E-state index contributed by atoms with van der Waals surface area (Å²) in [4.78, 5) is 24.5. The molecular weight excluding hydrogens is 358 g/mol. The van der Waals surface area contributed by atoms with Crippen molar-refractivity contribution in [2.24, 2.45) is 5.10 Å². The standard InChI is InChI=1S/C17H21N3O5S/c1-2-25-14-5-3-12(4-6-14)18-17(22)15-7-8-16(21)20(19-15)13-9-10-26(23,24)11-13/h3-6,13H,2,7-11H2,1H3,(H,18,22). The number of carbonyl (C=O) groups excluding carboxylic acids is 2. The lowest BCUT2D eigenvalue weighted by Gasteiger charge is -2.27. The zero-order valence-corrected chi connectivity index (χ0v) is 15.3. The predicted molar refractivity (Wildman–Crippen MR) is 96.8 cm³/mol. The third kappa shape index (κ3) is 4.21. The van der Waals surface area contributed by atoms with Gasteiger partial charge in [0.25, 0.3) is 5.91 Å². The Bertz CT molecular complexity index is 832. The van der Waals surface area contributed by atoms with Crippen molar-refractivity contribution >= 4 is 33.1 Å². The van der Waals surface area contributed by atoms with E-state index in [-0.39, 0.29) is 36.0 Å². The molecule has 1 fully saturated rings. The lowest BCUT2D eigenvalue weighted by atomic mass is 10.1. The minimum atomic E-state index is -3.14. The first-order valence-corrected chi connectivity index (χ1v) is 10.3. The van der Waals surface area contributed by atoms with E-state index in [9.17, 15) is 18.0 Å². The van der Waals surface area contributed by atoms with Gasteiger partial charge in [-0.25, -0.2) is 13.4 Å². The fourth-order valence-corrected chi connectivity index (χ4v) is 4.68. The van der Waals surface area contributed by atoms with E-state index in [4.69, 9.17) is 4.74 Å². The Morgan fingerprint density at radius 2 is 2.04 bits per heavy atom. The summed E-state index contributed by atoms with van der Waals surface area (Å²) < 4.78 is 28.6. The Balaban J connectivity index is 1.70. The summed E-state index contributed by atoms with van der Waals surface area (Å²) in [7, 11) is -3.14. The quantitative estimate of drug-likeness (QED) is 0.827. The van der Waals surface area contributed by atoms with Crippen LogP contribution in [0.1, 0.15) is 26.2 Å². The van der Waals surface area contributed by atoms with Crippen LogP contribution in [-0.2, 0) is 19.4 Å². The van der Waals surface area contributed by atoms with E-state index in [1.165, 1.54) is 5.01 Å². The van der Waals surface area contributed by atoms with Crippen molar-refractivity contribution in [1.29, 1.82) is 0 Å². The first-order valence-electron chi connectivity index (χ1n) is 8.52. The number of ether oxygens (including phenoxy) is 1. The van der Waals surface area contributed by atoms with Gasteiger partial charge in [0, 0.05) is 18.5 Å². The van der Waals surface area contributed by atoms with E-state index in [0.29, 0.717) is 24.5 Å². The zero-order valence-electron chi connectivity index (χ0n) is 14.5. The maximum Gasteiger partial charge on any atom is 0.271 e. The van der Waals surface area contributed by atoms with Gasteiger partial charge in [0.15, 0.2) is 9.84 Å². The second-order valence-corrected chi connectivity index (χ2v) is 8.48. The van der Waals surface area contributed by atoms with Crippen molar-refractivity contribution in [3.8, 4) is 5.75 Å². The van der Waals surface area contributed by atoms with E-state index >= 15 is 0 Å². The molecule has 1 saturated heterocycles. The zero-order chi connectivity index (χ0) is 18.7. The molecule has 0 radical (unpaired) electrons. The number of carbonyl (C=O) groups is 2. The van der Waals surface area contributed by atoms with E-state index < -0.39 is 21.8 Å². The Kier molecular flexibility index (Phi) is 5.26. The van der Waals surface area contributed by atoms with Gasteiger partial charge < -0.3 is 10.1 Å². The van der Waals surface area contributed by atoms with E-state index in [0.717, 1.165) is 0 Å². The lowest BCUT2D eigenvalue weighted by Crippen LogP contribution is -2.42. The number of benzene rings is 1. The third-order valence-corrected chi connectivity index (χ3v) is 6.05. The SMILES string of the molecule is CCOc1ccc(NC(=O)C2=NN(C3CCS(=O)(=O)C3)C(=O)CC2)cc1. The normalized spacial score (nSPS) is 22.0.